The van der Waals surface area contributed by atoms with Crippen LogP contribution in [0.2, 0.25) is 0 Å². The van der Waals surface area contributed by atoms with Gasteiger partial charge in [-0.1, -0.05) is 12.1 Å². The van der Waals surface area contributed by atoms with Crippen LogP contribution in [0.25, 0.3) is 11.0 Å². The van der Waals surface area contributed by atoms with Crippen LogP contribution in [0.4, 0.5) is 8.78 Å². The molecule has 22 heavy (non-hydrogen) atoms. The van der Waals surface area contributed by atoms with E-state index in [-0.39, 0.29) is 5.56 Å². The largest absolute Gasteiger partial charge is 0.342 e. The second-order valence-electron chi connectivity index (χ2n) is 4.96. The van der Waals surface area contributed by atoms with Crippen LogP contribution in [0.3, 0.4) is 0 Å². The normalized spacial score (nSPS) is 12.3. The fourth-order valence-electron chi connectivity index (χ4n) is 2.19. The van der Waals surface area contributed by atoms with E-state index in [0.29, 0.717) is 11.9 Å². The fourth-order valence-corrected chi connectivity index (χ4v) is 2.19. The summed E-state index contributed by atoms with van der Waals surface area (Å²) in [6, 6.07) is 9.87. The van der Waals surface area contributed by atoms with E-state index in [4.69, 9.17) is 0 Å². The van der Waals surface area contributed by atoms with Gasteiger partial charge in [0.1, 0.15) is 17.5 Å². The van der Waals surface area contributed by atoms with Crippen LogP contribution in [0.5, 0.6) is 0 Å². The van der Waals surface area contributed by atoms with E-state index in [1.165, 1.54) is 0 Å². The average Bonchev–Trinajstić information content (AvgIpc) is 2.91. The van der Waals surface area contributed by atoms with Gasteiger partial charge < -0.3 is 10.3 Å². The molecule has 2 N–H and O–H groups in total. The number of carbonyl (C=O) groups excluding carboxylic acids is 1. The van der Waals surface area contributed by atoms with E-state index >= 15 is 0 Å². The first-order valence-corrected chi connectivity index (χ1v) is 6.75. The molecule has 4 nitrogen and oxygen atoms in total. The van der Waals surface area contributed by atoms with Gasteiger partial charge in [0.15, 0.2) is 0 Å². The molecule has 6 heteroatoms. The summed E-state index contributed by atoms with van der Waals surface area (Å²) >= 11 is 0. The molecule has 3 rings (SSSR count). The molecule has 0 fully saturated rings. The number of para-hydroxylation sites is 2. The average molecular weight is 301 g/mol. The Morgan fingerprint density at radius 1 is 1.23 bits per heavy atom. The van der Waals surface area contributed by atoms with Crippen molar-refractivity contribution in [3.63, 3.8) is 0 Å². The molecule has 1 unspecified atom stereocenters. The number of benzene rings is 2. The second kappa shape index (κ2) is 5.55. The molecule has 1 aromatic heterocycles. The van der Waals surface area contributed by atoms with Crippen molar-refractivity contribution in [2.75, 3.05) is 0 Å². The predicted molar refractivity (Wildman–Crippen MR) is 78.3 cm³/mol. The van der Waals surface area contributed by atoms with Gasteiger partial charge in [0.25, 0.3) is 5.91 Å². The van der Waals surface area contributed by atoms with Gasteiger partial charge in [0.05, 0.1) is 22.6 Å². The molecule has 1 atom stereocenters. The van der Waals surface area contributed by atoms with Gasteiger partial charge in [-0.25, -0.2) is 13.8 Å². The van der Waals surface area contributed by atoms with Crippen molar-refractivity contribution in [2.45, 2.75) is 13.0 Å². The highest BCUT2D eigenvalue weighted by Crippen LogP contribution is 2.17. The van der Waals surface area contributed by atoms with Crippen LogP contribution in [-0.4, -0.2) is 15.9 Å². The summed E-state index contributed by atoms with van der Waals surface area (Å²) in [6.45, 7) is 1.73. The molecule has 112 valence electrons. The van der Waals surface area contributed by atoms with Crippen molar-refractivity contribution in [3.05, 3.63) is 65.5 Å². The van der Waals surface area contributed by atoms with E-state index < -0.39 is 23.6 Å². The maximum absolute atomic E-state index is 13.6. The number of aromatic amines is 1. The first-order valence-electron chi connectivity index (χ1n) is 6.75. The number of aromatic nitrogens is 2. The summed E-state index contributed by atoms with van der Waals surface area (Å²) in [5.41, 5.74) is 1.43. The molecule has 0 radical (unpaired) electrons. The molecule has 1 amide bonds. The number of imidazole rings is 1. The highest BCUT2D eigenvalue weighted by Gasteiger charge is 2.17. The zero-order chi connectivity index (χ0) is 15.7. The van der Waals surface area contributed by atoms with Crippen LogP contribution in [0.15, 0.2) is 42.5 Å². The number of rotatable bonds is 3. The Kier molecular flexibility index (Phi) is 3.58. The minimum Gasteiger partial charge on any atom is -0.342 e. The Hall–Kier alpha value is -2.76. The van der Waals surface area contributed by atoms with Gasteiger partial charge >= 0.3 is 0 Å². The zero-order valence-corrected chi connectivity index (χ0v) is 11.7. The van der Waals surface area contributed by atoms with Gasteiger partial charge in [-0.2, -0.15) is 0 Å². The number of fused-ring (bicyclic) bond motifs is 1. The van der Waals surface area contributed by atoms with Gasteiger partial charge in [0.2, 0.25) is 0 Å². The lowest BCUT2D eigenvalue weighted by Gasteiger charge is -2.11. The highest BCUT2D eigenvalue weighted by molar-refractivity contribution is 5.94. The fraction of sp³-hybridized carbons (Fsp3) is 0.125. The monoisotopic (exact) mass is 301 g/mol. The molecule has 0 aliphatic heterocycles. The van der Waals surface area contributed by atoms with Crippen molar-refractivity contribution in [1.29, 1.82) is 0 Å². The Labute approximate surface area is 125 Å². The molecule has 3 aromatic rings. The van der Waals surface area contributed by atoms with Gasteiger partial charge in [0, 0.05) is 6.07 Å². The van der Waals surface area contributed by atoms with E-state index in [1.807, 2.05) is 24.3 Å². The number of amides is 1. The van der Waals surface area contributed by atoms with Gasteiger partial charge in [-0.05, 0) is 31.2 Å². The van der Waals surface area contributed by atoms with Crippen molar-refractivity contribution in [1.82, 2.24) is 15.3 Å². The lowest BCUT2D eigenvalue weighted by Crippen LogP contribution is -2.28. The molecular weight excluding hydrogens is 288 g/mol. The van der Waals surface area contributed by atoms with Gasteiger partial charge in [-0.3, -0.25) is 4.79 Å². The lowest BCUT2D eigenvalue weighted by atomic mass is 10.2. The van der Waals surface area contributed by atoms with Crippen molar-refractivity contribution >= 4 is 16.9 Å². The Bertz CT molecular complexity index is 811. The smallest absolute Gasteiger partial charge is 0.254 e. The van der Waals surface area contributed by atoms with Crippen LogP contribution in [0, 0.1) is 11.6 Å². The number of hydrogen-bond donors (Lipinski definition) is 2. The quantitative estimate of drug-likeness (QED) is 0.779. The van der Waals surface area contributed by atoms with Crippen LogP contribution in [-0.2, 0) is 0 Å². The Morgan fingerprint density at radius 3 is 2.73 bits per heavy atom. The zero-order valence-electron chi connectivity index (χ0n) is 11.7. The van der Waals surface area contributed by atoms with E-state index in [9.17, 15) is 13.6 Å². The molecule has 0 aliphatic carbocycles. The number of nitrogens with zero attached hydrogens (tertiary/aromatic N) is 1. The first-order chi connectivity index (χ1) is 10.5. The number of hydrogen-bond acceptors (Lipinski definition) is 2. The number of nitrogens with one attached hydrogen (secondary N) is 2. The van der Waals surface area contributed by atoms with Crippen LogP contribution >= 0.6 is 0 Å². The van der Waals surface area contributed by atoms with Crippen LogP contribution < -0.4 is 5.32 Å². The number of H-pyrrole nitrogens is 1. The van der Waals surface area contributed by atoms with Crippen LogP contribution in [0.1, 0.15) is 29.1 Å². The van der Waals surface area contributed by atoms with E-state index in [0.717, 1.165) is 23.2 Å². The van der Waals surface area contributed by atoms with Crippen molar-refractivity contribution < 1.29 is 13.6 Å². The third-order valence-electron chi connectivity index (χ3n) is 3.34. The summed E-state index contributed by atoms with van der Waals surface area (Å²) in [5.74, 6) is -1.67. The third-order valence-corrected chi connectivity index (χ3v) is 3.34. The van der Waals surface area contributed by atoms with Gasteiger partial charge in [-0.15, -0.1) is 0 Å². The first kappa shape index (κ1) is 14.2. The molecule has 0 saturated heterocycles. The van der Waals surface area contributed by atoms with E-state index in [2.05, 4.69) is 15.3 Å². The lowest BCUT2D eigenvalue weighted by molar-refractivity contribution is 0.0934. The number of carbonyl (C=O) groups is 1. The standard InChI is InChI=1S/C16H13F2N3O/c1-9(15-20-13-4-2-3-5-14(13)21-15)19-16(22)11-7-6-10(17)8-12(11)18/h2-9H,1H3,(H,19,22)(H,20,21). The van der Waals surface area contributed by atoms with Crippen molar-refractivity contribution in [3.8, 4) is 0 Å². The molecule has 0 spiro atoms. The molecular formula is C16H13F2N3O. The Morgan fingerprint density at radius 2 is 2.00 bits per heavy atom. The summed E-state index contributed by atoms with van der Waals surface area (Å²) in [4.78, 5) is 19.5. The Balaban J connectivity index is 1.81. The second-order valence-corrected chi connectivity index (χ2v) is 4.96. The maximum atomic E-state index is 13.6. The maximum Gasteiger partial charge on any atom is 0.254 e. The summed E-state index contributed by atoms with van der Waals surface area (Å²) in [5, 5.41) is 2.64. The van der Waals surface area contributed by atoms with E-state index in [1.54, 1.807) is 6.92 Å². The summed E-state index contributed by atoms with van der Waals surface area (Å²) < 4.78 is 26.5. The minimum absolute atomic E-state index is 0.204. The minimum atomic E-state index is -0.894. The molecule has 2 aromatic carbocycles. The van der Waals surface area contributed by atoms with Crippen molar-refractivity contribution in [2.24, 2.45) is 0 Å². The SMILES string of the molecule is CC(NC(=O)c1ccc(F)cc1F)c1nc2ccccc2[nH]1. The third kappa shape index (κ3) is 2.67. The summed E-state index contributed by atoms with van der Waals surface area (Å²) in [7, 11) is 0. The molecule has 1 heterocycles. The predicted octanol–water partition coefficient (Wildman–Crippen LogP) is 3.33. The molecule has 0 aliphatic rings. The molecule has 0 bridgehead atoms. The molecule has 0 saturated carbocycles. The number of halogens is 2. The summed E-state index contributed by atoms with van der Waals surface area (Å²) in [6.07, 6.45) is 0. The highest BCUT2D eigenvalue weighted by atomic mass is 19.1. The topological polar surface area (TPSA) is 57.8 Å².